The van der Waals surface area contributed by atoms with Crippen molar-refractivity contribution in [3.8, 4) is 0 Å². The largest absolute Gasteiger partial charge is 0.458 e. The van der Waals surface area contributed by atoms with Gasteiger partial charge in [0.2, 0.25) is 17.6 Å². The SMILES string of the molecule is CC(C)[C@H]1CCN(C(=O)[C@@H](NC(=O)NC(CC(F)(F)F)C(=O)OC(C)(C)C)C(C)(C)C)[C@@H]1C(=O)NC(CC1CCC1)C(=O)C(N)=O. The summed E-state index contributed by atoms with van der Waals surface area (Å²) >= 11 is 0. The molecule has 262 valence electrons. The molecule has 2 unspecified atom stereocenters. The highest BCUT2D eigenvalue weighted by atomic mass is 19.4. The number of ether oxygens (including phenoxy) is 1. The maximum atomic E-state index is 14.1. The number of nitrogens with one attached hydrogen (secondary N) is 3. The van der Waals surface area contributed by atoms with E-state index in [0.29, 0.717) is 6.42 Å². The third-order valence-corrected chi connectivity index (χ3v) is 8.34. The van der Waals surface area contributed by atoms with E-state index in [2.05, 4.69) is 10.6 Å². The molecule has 5 atom stereocenters. The van der Waals surface area contributed by atoms with E-state index in [4.69, 9.17) is 10.5 Å². The number of carbonyl (C=O) groups excluding carboxylic acids is 6. The second-order valence-corrected chi connectivity index (χ2v) is 14.8. The summed E-state index contributed by atoms with van der Waals surface area (Å²) in [4.78, 5) is 79.2. The van der Waals surface area contributed by atoms with Crippen LogP contribution in [0.4, 0.5) is 18.0 Å². The van der Waals surface area contributed by atoms with E-state index >= 15 is 0 Å². The highest BCUT2D eigenvalue weighted by molar-refractivity contribution is 6.37. The number of halogens is 3. The smallest absolute Gasteiger partial charge is 0.391 e. The van der Waals surface area contributed by atoms with Gasteiger partial charge in [0.15, 0.2) is 0 Å². The number of nitrogens with zero attached hydrogens (tertiary/aromatic N) is 1. The molecule has 1 heterocycles. The van der Waals surface area contributed by atoms with Crippen LogP contribution in [0.3, 0.4) is 0 Å². The molecule has 46 heavy (non-hydrogen) atoms. The van der Waals surface area contributed by atoms with Crippen LogP contribution in [-0.2, 0) is 28.7 Å². The zero-order valence-electron chi connectivity index (χ0n) is 28.0. The first-order valence-corrected chi connectivity index (χ1v) is 15.7. The van der Waals surface area contributed by atoms with Crippen molar-refractivity contribution in [1.29, 1.82) is 0 Å². The van der Waals surface area contributed by atoms with Crippen LogP contribution in [0.2, 0.25) is 0 Å². The molecule has 2 aliphatic rings. The number of likely N-dealkylation sites (tertiary alicyclic amines) is 1. The molecule has 2 fully saturated rings. The van der Waals surface area contributed by atoms with Gasteiger partial charge in [-0.2, -0.15) is 13.2 Å². The molecule has 1 aliphatic carbocycles. The Balaban J connectivity index is 2.34. The fraction of sp³-hybridized carbons (Fsp3) is 0.806. The van der Waals surface area contributed by atoms with E-state index in [9.17, 15) is 41.9 Å². The molecular formula is C31H50F3N5O7. The number of primary amides is 1. The van der Waals surface area contributed by atoms with Crippen LogP contribution in [-0.4, -0.2) is 82.9 Å². The number of hydrogen-bond donors (Lipinski definition) is 4. The van der Waals surface area contributed by atoms with Gasteiger partial charge in [-0.3, -0.25) is 19.2 Å². The molecule has 2 rings (SSSR count). The lowest BCUT2D eigenvalue weighted by atomic mass is 9.80. The number of carbonyl (C=O) groups is 6. The average molecular weight is 662 g/mol. The third kappa shape index (κ3) is 11.1. The first-order valence-electron chi connectivity index (χ1n) is 15.7. The monoisotopic (exact) mass is 661 g/mol. The van der Waals surface area contributed by atoms with Crippen LogP contribution in [0.15, 0.2) is 0 Å². The lowest BCUT2D eigenvalue weighted by molar-refractivity contribution is -0.170. The van der Waals surface area contributed by atoms with Gasteiger partial charge in [0.1, 0.15) is 23.7 Å². The lowest BCUT2D eigenvalue weighted by Gasteiger charge is -2.37. The zero-order valence-corrected chi connectivity index (χ0v) is 28.0. The van der Waals surface area contributed by atoms with Gasteiger partial charge in [0.25, 0.3) is 5.91 Å². The predicted octanol–water partition coefficient (Wildman–Crippen LogP) is 2.97. The normalized spacial score (nSPS) is 21.1. The molecule has 0 spiro atoms. The van der Waals surface area contributed by atoms with Crippen molar-refractivity contribution < 1.29 is 46.7 Å². The van der Waals surface area contributed by atoms with Crippen LogP contribution in [0.25, 0.3) is 0 Å². The summed E-state index contributed by atoms with van der Waals surface area (Å²) < 4.78 is 45.0. The number of amides is 5. The van der Waals surface area contributed by atoms with Gasteiger partial charge in [-0.1, -0.05) is 53.9 Å². The van der Waals surface area contributed by atoms with E-state index in [1.54, 1.807) is 20.8 Å². The number of rotatable bonds is 12. The maximum Gasteiger partial charge on any atom is 0.391 e. The lowest BCUT2D eigenvalue weighted by Crippen LogP contribution is -2.62. The number of Topliss-reactive ketones (excluding diaryl/α,β-unsaturated/α-hetero) is 1. The number of esters is 1. The Kier molecular flexibility index (Phi) is 12.7. The Morgan fingerprint density at radius 2 is 1.48 bits per heavy atom. The summed E-state index contributed by atoms with van der Waals surface area (Å²) in [5.41, 5.74) is 3.14. The standard InChI is InChI=1S/C31H50F3N5O7/c1-16(2)18-12-13-39(21(18)25(42)36-19(22(40)24(35)41)14-17-10-9-11-17)26(43)23(29(3,4)5)38-28(45)37-20(15-31(32,33)34)27(44)46-30(6,7)8/h16-21,23H,9-15H2,1-8H3,(H2,35,41)(H,36,42)(H2,37,38,45)/t18-,19?,20?,21+,23-/m1/s1. The van der Waals surface area contributed by atoms with Crippen LogP contribution in [0.1, 0.15) is 93.9 Å². The van der Waals surface area contributed by atoms with Crippen molar-refractivity contribution in [2.75, 3.05) is 6.54 Å². The van der Waals surface area contributed by atoms with Crippen molar-refractivity contribution in [3.63, 3.8) is 0 Å². The summed E-state index contributed by atoms with van der Waals surface area (Å²) in [5.74, 6) is -4.99. The van der Waals surface area contributed by atoms with Gasteiger partial charge >= 0.3 is 18.2 Å². The quantitative estimate of drug-likeness (QED) is 0.184. The molecule has 15 heteroatoms. The fourth-order valence-electron chi connectivity index (χ4n) is 5.76. The molecule has 5 N–H and O–H groups in total. The minimum absolute atomic E-state index is 0.0771. The first-order chi connectivity index (χ1) is 20.9. The molecule has 0 bridgehead atoms. The van der Waals surface area contributed by atoms with Crippen molar-refractivity contribution in [2.24, 2.45) is 28.9 Å². The van der Waals surface area contributed by atoms with E-state index in [-0.39, 0.29) is 30.7 Å². The molecule has 12 nitrogen and oxygen atoms in total. The van der Waals surface area contributed by atoms with E-state index in [0.717, 1.165) is 19.3 Å². The van der Waals surface area contributed by atoms with Crippen LogP contribution < -0.4 is 21.7 Å². The maximum absolute atomic E-state index is 14.1. The number of nitrogens with two attached hydrogens (primary N) is 1. The molecule has 1 saturated heterocycles. The van der Waals surface area contributed by atoms with E-state index in [1.807, 2.05) is 19.2 Å². The van der Waals surface area contributed by atoms with Crippen molar-refractivity contribution in [2.45, 2.75) is 130 Å². The zero-order chi connectivity index (χ0) is 35.4. The van der Waals surface area contributed by atoms with Crippen molar-refractivity contribution in [1.82, 2.24) is 20.9 Å². The van der Waals surface area contributed by atoms with Crippen LogP contribution >= 0.6 is 0 Å². The Morgan fingerprint density at radius 1 is 0.891 bits per heavy atom. The minimum Gasteiger partial charge on any atom is -0.458 e. The average Bonchev–Trinajstić information content (AvgIpc) is 3.30. The van der Waals surface area contributed by atoms with Crippen molar-refractivity contribution >= 4 is 35.5 Å². The summed E-state index contributed by atoms with van der Waals surface area (Å²) in [6.07, 6.45) is -3.18. The predicted molar refractivity (Wildman–Crippen MR) is 162 cm³/mol. The second-order valence-electron chi connectivity index (χ2n) is 14.8. The van der Waals surface area contributed by atoms with Crippen LogP contribution in [0.5, 0.6) is 0 Å². The molecule has 1 saturated carbocycles. The van der Waals surface area contributed by atoms with E-state index in [1.165, 1.54) is 25.7 Å². The molecule has 0 aromatic rings. The Hall–Kier alpha value is -3.39. The molecule has 5 amide bonds. The van der Waals surface area contributed by atoms with Crippen LogP contribution in [0, 0.1) is 23.2 Å². The van der Waals surface area contributed by atoms with Gasteiger partial charge in [0.05, 0.1) is 12.5 Å². The summed E-state index contributed by atoms with van der Waals surface area (Å²) in [5, 5.41) is 7.10. The number of ketones is 1. The highest BCUT2D eigenvalue weighted by Gasteiger charge is 2.48. The Labute approximate surface area is 268 Å². The molecular weight excluding hydrogens is 611 g/mol. The van der Waals surface area contributed by atoms with E-state index < -0.39 is 83.3 Å². The Bertz CT molecular complexity index is 1160. The number of alkyl halides is 3. The Morgan fingerprint density at radius 3 is 1.91 bits per heavy atom. The van der Waals surface area contributed by atoms with Gasteiger partial charge in [-0.05, 0) is 56.8 Å². The second kappa shape index (κ2) is 15.0. The van der Waals surface area contributed by atoms with Gasteiger partial charge in [-0.25, -0.2) is 9.59 Å². The highest BCUT2D eigenvalue weighted by Crippen LogP contribution is 2.34. The third-order valence-electron chi connectivity index (χ3n) is 8.34. The van der Waals surface area contributed by atoms with Gasteiger partial charge in [-0.15, -0.1) is 0 Å². The fourth-order valence-corrected chi connectivity index (χ4v) is 5.76. The summed E-state index contributed by atoms with van der Waals surface area (Å²) in [6, 6.07) is -6.84. The molecule has 0 aromatic carbocycles. The molecule has 0 radical (unpaired) electrons. The molecule has 0 aromatic heterocycles. The number of hydrogen-bond acceptors (Lipinski definition) is 7. The summed E-state index contributed by atoms with van der Waals surface area (Å²) in [7, 11) is 0. The summed E-state index contributed by atoms with van der Waals surface area (Å²) in [6.45, 7) is 13.2. The minimum atomic E-state index is -4.82. The van der Waals surface area contributed by atoms with Gasteiger partial charge in [0, 0.05) is 6.54 Å². The number of urea groups is 1. The van der Waals surface area contributed by atoms with Gasteiger partial charge < -0.3 is 31.3 Å². The topological polar surface area (TPSA) is 177 Å². The molecule has 1 aliphatic heterocycles. The van der Waals surface area contributed by atoms with Crippen molar-refractivity contribution in [3.05, 3.63) is 0 Å². The first kappa shape index (κ1) is 38.8.